The minimum atomic E-state index is -0.826. The Labute approximate surface area is 108 Å². The number of aliphatic hydroxyl groups excluding tert-OH is 2. The van der Waals surface area contributed by atoms with Gasteiger partial charge in [0.25, 0.3) is 0 Å². The van der Waals surface area contributed by atoms with Gasteiger partial charge < -0.3 is 10.2 Å². The second kappa shape index (κ2) is 19.5. The van der Waals surface area contributed by atoms with Crippen molar-refractivity contribution in [1.82, 2.24) is 0 Å². The third-order valence-electron chi connectivity index (χ3n) is 0.674. The Morgan fingerprint density at radius 2 is 1.08 bits per heavy atom. The molecule has 0 aliphatic heterocycles. The van der Waals surface area contributed by atoms with Crippen LogP contribution < -0.4 is 0 Å². The summed E-state index contributed by atoms with van der Waals surface area (Å²) < 4.78 is 0. The quantitative estimate of drug-likeness (QED) is 0.750. The van der Waals surface area contributed by atoms with E-state index in [-0.39, 0.29) is 0 Å². The van der Waals surface area contributed by atoms with E-state index >= 15 is 0 Å². The summed E-state index contributed by atoms with van der Waals surface area (Å²) in [5.74, 6) is 0. The predicted molar refractivity (Wildman–Crippen MR) is 56.0 cm³/mol. The van der Waals surface area contributed by atoms with Crippen molar-refractivity contribution in [3.8, 4) is 0 Å². The van der Waals surface area contributed by atoms with Gasteiger partial charge >= 0.3 is 37.9 Å². The molecule has 2 N–H and O–H groups in total. The van der Waals surface area contributed by atoms with Crippen LogP contribution in [-0.2, 0) is 20.8 Å². The molecule has 13 heavy (non-hydrogen) atoms. The van der Waals surface area contributed by atoms with E-state index in [2.05, 4.69) is 0 Å². The van der Waals surface area contributed by atoms with Gasteiger partial charge in [0, 0.05) is 0 Å². The van der Waals surface area contributed by atoms with E-state index in [9.17, 15) is 0 Å². The average Bonchev–Trinajstić information content (AvgIpc) is 2.07. The summed E-state index contributed by atoms with van der Waals surface area (Å²) in [6, 6.07) is 0. The van der Waals surface area contributed by atoms with Gasteiger partial charge in [-0.3, -0.25) is 0 Å². The van der Waals surface area contributed by atoms with Crippen molar-refractivity contribution >= 4 is 40.2 Å². The van der Waals surface area contributed by atoms with E-state index < -0.39 is 32.0 Å². The third kappa shape index (κ3) is 56.2. The summed E-state index contributed by atoms with van der Waals surface area (Å²) in [6.45, 7) is 3.63. The molecule has 0 heterocycles. The zero-order valence-corrected chi connectivity index (χ0v) is 13.0. The van der Waals surface area contributed by atoms with Gasteiger partial charge in [-0.2, -0.15) is 0 Å². The number of halogens is 4. The molecule has 0 fully saturated rings. The normalized spacial score (nSPS) is 12.6. The average molecular weight is 351 g/mol. The Morgan fingerprint density at radius 3 is 1.08 bits per heavy atom. The SMILES string of the molecule is CCC(O)Cl.CCC(O)Cl.[Cl][Zr][Cl]. The zero-order valence-electron chi connectivity index (χ0n) is 7.48. The monoisotopic (exact) mass is 348 g/mol. The number of alkyl halides is 2. The fourth-order valence-corrected chi connectivity index (χ4v) is 0. The maximum absolute atomic E-state index is 8.13. The first-order valence-electron chi connectivity index (χ1n) is 3.56. The van der Waals surface area contributed by atoms with E-state index in [4.69, 9.17) is 50.4 Å². The number of aliphatic hydroxyl groups is 2. The summed E-state index contributed by atoms with van der Waals surface area (Å²) in [4.78, 5) is 0. The topological polar surface area (TPSA) is 40.5 Å². The van der Waals surface area contributed by atoms with E-state index in [1.54, 1.807) is 0 Å². The van der Waals surface area contributed by atoms with Crippen LogP contribution in [0, 0.1) is 0 Å². The molecule has 0 rings (SSSR count). The first kappa shape index (κ1) is 20.4. The van der Waals surface area contributed by atoms with Crippen LogP contribution in [0.15, 0.2) is 0 Å². The van der Waals surface area contributed by atoms with Gasteiger partial charge in [-0.1, -0.05) is 37.0 Å². The number of rotatable bonds is 2. The van der Waals surface area contributed by atoms with Crippen LogP contribution in [0.1, 0.15) is 26.7 Å². The predicted octanol–water partition coefficient (Wildman–Crippen LogP) is 3.28. The molecule has 0 saturated carbocycles. The fourth-order valence-electron chi connectivity index (χ4n) is 0. The molecule has 0 aromatic heterocycles. The Morgan fingerprint density at radius 1 is 1.00 bits per heavy atom. The van der Waals surface area contributed by atoms with E-state index in [0.717, 1.165) is 0 Å². The Kier molecular flexibility index (Phi) is 30.6. The Hall–Kier alpha value is 1.96. The molecule has 0 bridgehead atoms. The molecule has 0 aromatic rings. The molecule has 0 amide bonds. The summed E-state index contributed by atoms with van der Waals surface area (Å²) >= 11 is 9.21. The molecule has 2 nitrogen and oxygen atoms in total. The molecular weight excluding hydrogens is 337 g/mol. The van der Waals surface area contributed by atoms with E-state index in [1.807, 2.05) is 13.8 Å². The molecule has 0 saturated heterocycles. The maximum atomic E-state index is 8.13. The molecule has 2 unspecified atom stereocenters. The summed E-state index contributed by atoms with van der Waals surface area (Å²) in [5, 5.41) is 16.3. The molecule has 0 aromatic carbocycles. The molecule has 0 radical (unpaired) electrons. The summed E-state index contributed by atoms with van der Waals surface area (Å²) in [6.07, 6.45) is 1.25. The fraction of sp³-hybridized carbons (Fsp3) is 1.00. The molecule has 0 spiro atoms. The van der Waals surface area contributed by atoms with Crippen LogP contribution >= 0.6 is 40.2 Å². The first-order chi connectivity index (χ1) is 5.95. The van der Waals surface area contributed by atoms with Gasteiger partial charge in [-0.05, 0) is 12.8 Å². The van der Waals surface area contributed by atoms with Crippen LogP contribution in [0.3, 0.4) is 0 Å². The number of hydrogen-bond acceptors (Lipinski definition) is 2. The van der Waals surface area contributed by atoms with Crippen molar-refractivity contribution in [3.63, 3.8) is 0 Å². The van der Waals surface area contributed by atoms with Crippen molar-refractivity contribution in [2.45, 2.75) is 37.8 Å². The zero-order chi connectivity index (χ0) is 11.3. The van der Waals surface area contributed by atoms with Crippen molar-refractivity contribution in [2.75, 3.05) is 0 Å². The standard InChI is InChI=1S/2C3H7ClO.2ClH.Zr/c2*1-2-3(4)5;;;/h2*3,5H,2H2,1H3;2*1H;/q;;;;+2/p-2. The second-order valence-electron chi connectivity index (χ2n) is 1.76. The van der Waals surface area contributed by atoms with Crippen LogP contribution in [0.4, 0.5) is 0 Å². The summed E-state index contributed by atoms with van der Waals surface area (Å²) in [7, 11) is 9.87. The van der Waals surface area contributed by atoms with Crippen LogP contribution in [0.5, 0.6) is 0 Å². The summed E-state index contributed by atoms with van der Waals surface area (Å²) in [5.41, 5.74) is -1.29. The molecule has 0 aliphatic carbocycles. The van der Waals surface area contributed by atoms with Gasteiger partial charge in [-0.15, -0.1) is 0 Å². The second-order valence-corrected chi connectivity index (χ2v) is 6.50. The van der Waals surface area contributed by atoms with Gasteiger partial charge in [0.2, 0.25) is 0 Å². The van der Waals surface area contributed by atoms with E-state index in [0.29, 0.717) is 12.8 Å². The third-order valence-corrected chi connectivity index (χ3v) is 1.29. The van der Waals surface area contributed by atoms with Crippen LogP contribution in [0.25, 0.3) is 0 Å². The molecule has 0 aliphatic rings. The minimum absolute atomic E-state index is 0.627. The first-order valence-corrected chi connectivity index (χ1v) is 10.8. The van der Waals surface area contributed by atoms with Crippen LogP contribution in [0.2, 0.25) is 0 Å². The van der Waals surface area contributed by atoms with Gasteiger partial charge in [0.1, 0.15) is 11.1 Å². The Balaban J connectivity index is -0.000000120. The molecule has 2 atom stereocenters. The van der Waals surface area contributed by atoms with Crippen molar-refractivity contribution in [2.24, 2.45) is 0 Å². The van der Waals surface area contributed by atoms with Crippen molar-refractivity contribution in [3.05, 3.63) is 0 Å². The van der Waals surface area contributed by atoms with Gasteiger partial charge in [-0.25, -0.2) is 0 Å². The van der Waals surface area contributed by atoms with Gasteiger partial charge in [0.15, 0.2) is 0 Å². The van der Waals surface area contributed by atoms with Crippen LogP contribution in [-0.4, -0.2) is 21.3 Å². The van der Waals surface area contributed by atoms with Crippen molar-refractivity contribution in [1.29, 1.82) is 0 Å². The van der Waals surface area contributed by atoms with Crippen molar-refractivity contribution < 1.29 is 31.1 Å². The Bertz CT molecular complexity index is 67.7. The number of hydrogen-bond donors (Lipinski definition) is 2. The molecule has 82 valence electrons. The van der Waals surface area contributed by atoms with E-state index in [1.165, 1.54) is 0 Å². The van der Waals surface area contributed by atoms with Gasteiger partial charge in [0.05, 0.1) is 0 Å². The molecular formula is C6H14Cl4O2Zr. The molecule has 7 heteroatoms.